The Morgan fingerprint density at radius 2 is 1.80 bits per heavy atom. The second-order valence-corrected chi connectivity index (χ2v) is 4.71. The molecule has 0 unspecified atom stereocenters. The topological polar surface area (TPSA) is 15.3 Å². The molecule has 1 aromatic carbocycles. The number of rotatable bonds is 4. The van der Waals surface area contributed by atoms with Crippen molar-refractivity contribution in [1.82, 2.24) is 0 Å². The third-order valence-corrected chi connectivity index (χ3v) is 3.11. The van der Waals surface area contributed by atoms with Crippen LogP contribution in [-0.4, -0.2) is 20.1 Å². The van der Waals surface area contributed by atoms with Crippen LogP contribution in [0.15, 0.2) is 24.3 Å². The number of hydrogen-bond acceptors (Lipinski definition) is 2. The van der Waals surface area contributed by atoms with Gasteiger partial charge in [0.15, 0.2) is 0 Å². The van der Waals surface area contributed by atoms with E-state index in [0.29, 0.717) is 6.04 Å². The summed E-state index contributed by atoms with van der Waals surface area (Å²) in [7, 11) is 4.13. The fourth-order valence-electron chi connectivity index (χ4n) is 1.83. The van der Waals surface area contributed by atoms with Gasteiger partial charge in [0.2, 0.25) is 0 Å². The van der Waals surface area contributed by atoms with E-state index < -0.39 is 0 Å². The molecule has 15 heavy (non-hydrogen) atoms. The summed E-state index contributed by atoms with van der Waals surface area (Å²) < 4.78 is 0. The quantitative estimate of drug-likeness (QED) is 0.811. The van der Waals surface area contributed by atoms with Gasteiger partial charge < -0.3 is 10.2 Å². The first kappa shape index (κ1) is 10.3. The number of nitrogens with zero attached hydrogens (tertiary/aromatic N) is 1. The van der Waals surface area contributed by atoms with Crippen LogP contribution in [-0.2, 0) is 0 Å². The first-order valence-corrected chi connectivity index (χ1v) is 5.71. The number of benzene rings is 1. The van der Waals surface area contributed by atoms with Gasteiger partial charge in [-0.2, -0.15) is 0 Å². The summed E-state index contributed by atoms with van der Waals surface area (Å²) in [6.07, 6.45) is 2.79. The van der Waals surface area contributed by atoms with Gasteiger partial charge in [-0.25, -0.2) is 0 Å². The summed E-state index contributed by atoms with van der Waals surface area (Å²) in [5.74, 6) is 0.901. The minimum absolute atomic E-state index is 0.621. The first-order chi connectivity index (χ1) is 7.16. The highest BCUT2D eigenvalue weighted by atomic mass is 15.1. The zero-order valence-corrected chi connectivity index (χ0v) is 9.83. The lowest BCUT2D eigenvalue weighted by atomic mass is 10.2. The van der Waals surface area contributed by atoms with E-state index in [1.54, 1.807) is 0 Å². The Kier molecular flexibility index (Phi) is 2.85. The van der Waals surface area contributed by atoms with Crippen molar-refractivity contribution in [3.05, 3.63) is 24.3 Å². The number of anilines is 2. The summed E-state index contributed by atoms with van der Waals surface area (Å²) in [6, 6.07) is 9.25. The van der Waals surface area contributed by atoms with E-state index >= 15 is 0 Å². The maximum atomic E-state index is 3.55. The zero-order chi connectivity index (χ0) is 10.8. The molecule has 0 saturated heterocycles. The van der Waals surface area contributed by atoms with Gasteiger partial charge in [0.1, 0.15) is 0 Å². The molecule has 2 heteroatoms. The minimum Gasteiger partial charge on any atom is -0.382 e. The molecule has 1 aliphatic carbocycles. The highest BCUT2D eigenvalue weighted by molar-refractivity contribution is 5.54. The molecule has 2 nitrogen and oxygen atoms in total. The Balaban J connectivity index is 1.97. The van der Waals surface area contributed by atoms with E-state index in [9.17, 15) is 0 Å². The van der Waals surface area contributed by atoms with Gasteiger partial charge in [0.05, 0.1) is 0 Å². The molecular weight excluding hydrogens is 184 g/mol. The third-order valence-electron chi connectivity index (χ3n) is 3.11. The lowest BCUT2D eigenvalue weighted by Gasteiger charge is -2.16. The molecule has 1 saturated carbocycles. The van der Waals surface area contributed by atoms with E-state index in [4.69, 9.17) is 0 Å². The van der Waals surface area contributed by atoms with Gasteiger partial charge >= 0.3 is 0 Å². The van der Waals surface area contributed by atoms with Crippen LogP contribution in [0.25, 0.3) is 0 Å². The van der Waals surface area contributed by atoms with Crippen LogP contribution in [0.1, 0.15) is 19.8 Å². The van der Waals surface area contributed by atoms with Crippen molar-refractivity contribution in [3.8, 4) is 0 Å². The maximum Gasteiger partial charge on any atom is 0.0362 e. The predicted molar refractivity (Wildman–Crippen MR) is 66.6 cm³/mol. The monoisotopic (exact) mass is 204 g/mol. The Labute approximate surface area is 92.3 Å². The summed E-state index contributed by atoms with van der Waals surface area (Å²) in [5, 5.41) is 3.55. The molecule has 0 bridgehead atoms. The van der Waals surface area contributed by atoms with Crippen LogP contribution in [0.4, 0.5) is 11.4 Å². The lowest BCUT2D eigenvalue weighted by Crippen LogP contribution is -2.17. The van der Waals surface area contributed by atoms with Crippen LogP contribution < -0.4 is 10.2 Å². The van der Waals surface area contributed by atoms with Crippen molar-refractivity contribution in [2.45, 2.75) is 25.8 Å². The van der Waals surface area contributed by atoms with E-state index in [0.717, 1.165) is 5.92 Å². The van der Waals surface area contributed by atoms with E-state index in [1.165, 1.54) is 24.2 Å². The molecule has 1 aromatic rings. The molecule has 0 heterocycles. The summed E-state index contributed by atoms with van der Waals surface area (Å²) >= 11 is 0. The second-order valence-electron chi connectivity index (χ2n) is 4.71. The van der Waals surface area contributed by atoms with Crippen molar-refractivity contribution in [2.24, 2.45) is 5.92 Å². The first-order valence-electron chi connectivity index (χ1n) is 5.71. The van der Waals surface area contributed by atoms with Gasteiger partial charge in [-0.05, 0) is 49.9 Å². The summed E-state index contributed by atoms with van der Waals surface area (Å²) in [6.45, 7) is 2.28. The molecular formula is C13H20N2. The molecule has 82 valence electrons. The predicted octanol–water partition coefficient (Wildman–Crippen LogP) is 2.96. The molecule has 0 spiro atoms. The number of nitrogens with one attached hydrogen (secondary N) is 1. The van der Waals surface area contributed by atoms with Crippen LogP contribution in [0.3, 0.4) is 0 Å². The molecule has 0 amide bonds. The molecule has 0 aromatic heterocycles. The molecule has 1 atom stereocenters. The third kappa shape index (κ3) is 2.65. The fraction of sp³-hybridized carbons (Fsp3) is 0.538. The largest absolute Gasteiger partial charge is 0.382 e. The summed E-state index contributed by atoms with van der Waals surface area (Å²) in [5.41, 5.74) is 2.49. The number of hydrogen-bond donors (Lipinski definition) is 1. The van der Waals surface area contributed by atoms with Gasteiger partial charge in [-0.15, -0.1) is 0 Å². The Morgan fingerprint density at radius 3 is 2.27 bits per heavy atom. The van der Waals surface area contributed by atoms with Gasteiger partial charge in [0.25, 0.3) is 0 Å². The highest BCUT2D eigenvalue weighted by Gasteiger charge is 2.27. The van der Waals surface area contributed by atoms with E-state index in [2.05, 4.69) is 55.5 Å². The maximum absolute atomic E-state index is 3.55. The van der Waals surface area contributed by atoms with E-state index in [-0.39, 0.29) is 0 Å². The molecule has 1 fully saturated rings. The molecule has 1 N–H and O–H groups in total. The van der Waals surface area contributed by atoms with Gasteiger partial charge in [-0.3, -0.25) is 0 Å². The van der Waals surface area contributed by atoms with Crippen molar-refractivity contribution in [1.29, 1.82) is 0 Å². The van der Waals surface area contributed by atoms with Crippen molar-refractivity contribution >= 4 is 11.4 Å². The standard InChI is InChI=1S/C13H20N2/c1-10(11-4-5-11)14-12-6-8-13(9-7-12)15(2)3/h6-11,14H,4-5H2,1-3H3/t10-/m1/s1. The Morgan fingerprint density at radius 1 is 1.20 bits per heavy atom. The van der Waals surface area contributed by atoms with Crippen LogP contribution in [0.2, 0.25) is 0 Å². The average molecular weight is 204 g/mol. The lowest BCUT2D eigenvalue weighted by molar-refractivity contribution is 0.694. The molecule has 1 aliphatic rings. The fourth-order valence-corrected chi connectivity index (χ4v) is 1.83. The minimum atomic E-state index is 0.621. The second kappa shape index (κ2) is 4.13. The zero-order valence-electron chi connectivity index (χ0n) is 9.83. The summed E-state index contributed by atoms with van der Waals surface area (Å²) in [4.78, 5) is 2.12. The van der Waals surface area contributed by atoms with Crippen molar-refractivity contribution in [3.63, 3.8) is 0 Å². The Bertz CT molecular complexity index is 312. The van der Waals surface area contributed by atoms with Crippen LogP contribution in [0, 0.1) is 5.92 Å². The molecule has 0 radical (unpaired) electrons. The van der Waals surface area contributed by atoms with Gasteiger partial charge in [-0.1, -0.05) is 0 Å². The average Bonchev–Trinajstić information content (AvgIpc) is 3.01. The highest BCUT2D eigenvalue weighted by Crippen LogP contribution is 2.34. The normalized spacial score (nSPS) is 17.3. The molecule has 0 aliphatic heterocycles. The molecule has 2 rings (SSSR count). The smallest absolute Gasteiger partial charge is 0.0362 e. The van der Waals surface area contributed by atoms with Crippen molar-refractivity contribution < 1.29 is 0 Å². The van der Waals surface area contributed by atoms with Gasteiger partial charge in [0, 0.05) is 31.5 Å². The SMILES string of the molecule is C[C@@H](Nc1ccc(N(C)C)cc1)C1CC1. The van der Waals surface area contributed by atoms with Crippen molar-refractivity contribution in [2.75, 3.05) is 24.3 Å². The Hall–Kier alpha value is -1.18. The van der Waals surface area contributed by atoms with Crippen LogP contribution in [0.5, 0.6) is 0 Å². The van der Waals surface area contributed by atoms with E-state index in [1.807, 2.05) is 0 Å². The van der Waals surface area contributed by atoms with Crippen LogP contribution >= 0.6 is 0 Å².